The molecule has 4 nitrogen and oxygen atoms in total. The molecule has 0 spiro atoms. The van der Waals surface area contributed by atoms with Gasteiger partial charge in [-0.1, -0.05) is 49.2 Å². The molecule has 2 aromatic carbocycles. The molecule has 2 amide bonds. The molecule has 1 N–H and O–H groups in total. The van der Waals surface area contributed by atoms with Gasteiger partial charge >= 0.3 is 0 Å². The minimum absolute atomic E-state index is 0.290. The van der Waals surface area contributed by atoms with Crippen LogP contribution in [-0.4, -0.2) is 18.4 Å². The van der Waals surface area contributed by atoms with Gasteiger partial charge in [0.25, 0.3) is 11.8 Å². The fourth-order valence-corrected chi connectivity index (χ4v) is 2.91. The fourth-order valence-electron chi connectivity index (χ4n) is 2.59. The Kier molecular flexibility index (Phi) is 4.52. The Morgan fingerprint density at radius 3 is 2.08 bits per heavy atom. The van der Waals surface area contributed by atoms with Crippen molar-refractivity contribution in [3.63, 3.8) is 0 Å². The van der Waals surface area contributed by atoms with E-state index in [4.69, 9.17) is 23.2 Å². The van der Waals surface area contributed by atoms with Crippen molar-refractivity contribution >= 4 is 46.4 Å². The third-order valence-electron chi connectivity index (χ3n) is 3.77. The Balaban J connectivity index is 2.08. The van der Waals surface area contributed by atoms with Crippen molar-refractivity contribution in [2.45, 2.75) is 13.8 Å². The van der Waals surface area contributed by atoms with Gasteiger partial charge < -0.3 is 5.32 Å². The molecule has 0 atom stereocenters. The van der Waals surface area contributed by atoms with Gasteiger partial charge in [-0.15, -0.1) is 0 Å². The van der Waals surface area contributed by atoms with Crippen LogP contribution in [0.4, 0.5) is 11.4 Å². The minimum atomic E-state index is -0.360. The highest BCUT2D eigenvalue weighted by Gasteiger charge is 2.37. The fraction of sp³-hybridized carbons (Fsp3) is 0.222. The summed E-state index contributed by atoms with van der Waals surface area (Å²) in [6.07, 6.45) is 0. The lowest BCUT2D eigenvalue weighted by molar-refractivity contribution is 0.0926. The van der Waals surface area contributed by atoms with Crippen molar-refractivity contribution in [1.29, 1.82) is 0 Å². The van der Waals surface area contributed by atoms with E-state index in [1.54, 1.807) is 36.4 Å². The van der Waals surface area contributed by atoms with Gasteiger partial charge in [0.05, 0.1) is 32.5 Å². The average molecular weight is 363 g/mol. The molecular formula is C18H16Cl2N2O2. The Labute approximate surface area is 150 Å². The summed E-state index contributed by atoms with van der Waals surface area (Å²) in [7, 11) is 0. The van der Waals surface area contributed by atoms with Crippen molar-refractivity contribution in [3.8, 4) is 0 Å². The number of benzene rings is 2. The highest BCUT2D eigenvalue weighted by molar-refractivity contribution is 6.43. The van der Waals surface area contributed by atoms with Gasteiger partial charge in [-0.25, -0.2) is 4.90 Å². The second-order valence-corrected chi connectivity index (χ2v) is 6.86. The number of carbonyl (C=O) groups excluding carboxylic acids is 2. The molecule has 0 aliphatic carbocycles. The second-order valence-electron chi connectivity index (χ2n) is 6.05. The van der Waals surface area contributed by atoms with Crippen molar-refractivity contribution in [1.82, 2.24) is 0 Å². The number of hydrogen-bond donors (Lipinski definition) is 1. The van der Waals surface area contributed by atoms with Crippen LogP contribution >= 0.6 is 23.2 Å². The number of nitrogens with zero attached hydrogens (tertiary/aromatic N) is 1. The summed E-state index contributed by atoms with van der Waals surface area (Å²) in [5.41, 5.74) is 1.80. The maximum atomic E-state index is 12.7. The summed E-state index contributed by atoms with van der Waals surface area (Å²) in [6.45, 7) is 4.80. The molecule has 0 saturated heterocycles. The Morgan fingerprint density at radius 1 is 1.00 bits per heavy atom. The zero-order chi connectivity index (χ0) is 17.4. The highest BCUT2D eigenvalue weighted by atomic mass is 35.5. The third-order valence-corrected chi connectivity index (χ3v) is 4.50. The molecule has 0 unspecified atom stereocenters. The molecule has 1 aliphatic heterocycles. The Morgan fingerprint density at radius 2 is 1.54 bits per heavy atom. The standard InChI is InChI=1S/C18H16Cl2N2O2/c1-10(2)9-21-15-7-13(19)14(20)8-16(15)22-17(23)11-5-3-4-6-12(11)18(22)24/h3-8,10,21H,9H2,1-2H3. The van der Waals surface area contributed by atoms with Crippen LogP contribution in [0.5, 0.6) is 0 Å². The lowest BCUT2D eigenvalue weighted by Crippen LogP contribution is -2.30. The molecule has 0 saturated carbocycles. The van der Waals surface area contributed by atoms with E-state index in [-0.39, 0.29) is 11.8 Å². The summed E-state index contributed by atoms with van der Waals surface area (Å²) in [5.74, 6) is -0.336. The molecule has 3 rings (SSSR count). The molecule has 0 radical (unpaired) electrons. The van der Waals surface area contributed by atoms with E-state index >= 15 is 0 Å². The molecule has 0 fully saturated rings. The molecule has 124 valence electrons. The lowest BCUT2D eigenvalue weighted by atomic mass is 10.1. The van der Waals surface area contributed by atoms with Crippen molar-refractivity contribution < 1.29 is 9.59 Å². The number of amides is 2. The zero-order valence-electron chi connectivity index (χ0n) is 13.3. The number of anilines is 2. The second kappa shape index (κ2) is 6.46. The monoisotopic (exact) mass is 362 g/mol. The highest BCUT2D eigenvalue weighted by Crippen LogP contribution is 2.38. The topological polar surface area (TPSA) is 49.4 Å². The van der Waals surface area contributed by atoms with Crippen molar-refractivity contribution in [3.05, 3.63) is 57.6 Å². The van der Waals surface area contributed by atoms with Gasteiger partial charge in [0.1, 0.15) is 0 Å². The first-order valence-corrected chi connectivity index (χ1v) is 8.36. The third kappa shape index (κ3) is 2.87. The maximum absolute atomic E-state index is 12.7. The number of carbonyl (C=O) groups is 2. The molecule has 1 heterocycles. The van der Waals surface area contributed by atoms with Crippen LogP contribution in [0.2, 0.25) is 10.0 Å². The first kappa shape index (κ1) is 16.8. The molecule has 0 bridgehead atoms. The largest absolute Gasteiger partial charge is 0.383 e. The van der Waals surface area contributed by atoms with Crippen molar-refractivity contribution in [2.75, 3.05) is 16.8 Å². The molecule has 6 heteroatoms. The van der Waals surface area contributed by atoms with Crippen molar-refractivity contribution in [2.24, 2.45) is 5.92 Å². The van der Waals surface area contributed by atoms with Crippen LogP contribution in [0.1, 0.15) is 34.6 Å². The van der Waals surface area contributed by atoms with E-state index in [2.05, 4.69) is 19.2 Å². The van der Waals surface area contributed by atoms with Crippen LogP contribution < -0.4 is 10.2 Å². The van der Waals surface area contributed by atoms with Gasteiger partial charge in [0.15, 0.2) is 0 Å². The number of fused-ring (bicyclic) bond motifs is 1. The first-order valence-electron chi connectivity index (χ1n) is 7.61. The molecular weight excluding hydrogens is 347 g/mol. The molecule has 2 aromatic rings. The van der Waals surface area contributed by atoms with Gasteiger partial charge in [-0.2, -0.15) is 0 Å². The maximum Gasteiger partial charge on any atom is 0.266 e. The van der Waals surface area contributed by atoms with E-state index in [0.717, 1.165) is 4.90 Å². The zero-order valence-corrected chi connectivity index (χ0v) is 14.8. The summed E-state index contributed by atoms with van der Waals surface area (Å²) >= 11 is 12.2. The quantitative estimate of drug-likeness (QED) is 0.789. The van der Waals surface area contributed by atoms with E-state index in [1.807, 2.05) is 0 Å². The number of rotatable bonds is 4. The van der Waals surface area contributed by atoms with Crippen LogP contribution in [0, 0.1) is 5.92 Å². The van der Waals surface area contributed by atoms with Crippen LogP contribution in [0.15, 0.2) is 36.4 Å². The van der Waals surface area contributed by atoms with E-state index in [1.165, 1.54) is 0 Å². The number of imide groups is 1. The van der Waals surface area contributed by atoms with Gasteiger partial charge in [0.2, 0.25) is 0 Å². The Hall–Kier alpha value is -2.04. The van der Waals surface area contributed by atoms with E-state index < -0.39 is 0 Å². The van der Waals surface area contributed by atoms with Crippen LogP contribution in [0.25, 0.3) is 0 Å². The SMILES string of the molecule is CC(C)CNc1cc(Cl)c(Cl)cc1N1C(=O)c2ccccc2C1=O. The summed E-state index contributed by atoms with van der Waals surface area (Å²) < 4.78 is 0. The summed E-state index contributed by atoms with van der Waals surface area (Å²) in [4.78, 5) is 26.5. The van der Waals surface area contributed by atoms with E-state index in [0.29, 0.717) is 45.0 Å². The predicted octanol–water partition coefficient (Wildman–Crippen LogP) is 4.86. The molecule has 24 heavy (non-hydrogen) atoms. The van der Waals surface area contributed by atoms with Crippen LogP contribution in [-0.2, 0) is 0 Å². The predicted molar refractivity (Wildman–Crippen MR) is 97.4 cm³/mol. The summed E-state index contributed by atoms with van der Waals surface area (Å²) in [6, 6.07) is 9.96. The molecule has 0 aromatic heterocycles. The Bertz CT molecular complexity index is 799. The van der Waals surface area contributed by atoms with Gasteiger partial charge in [0, 0.05) is 6.54 Å². The smallest absolute Gasteiger partial charge is 0.266 e. The number of hydrogen-bond acceptors (Lipinski definition) is 3. The average Bonchev–Trinajstić information content (AvgIpc) is 2.80. The lowest BCUT2D eigenvalue weighted by Gasteiger charge is -2.21. The van der Waals surface area contributed by atoms with Gasteiger partial charge in [-0.05, 0) is 30.2 Å². The first-order chi connectivity index (χ1) is 11.4. The summed E-state index contributed by atoms with van der Waals surface area (Å²) in [5, 5.41) is 3.89. The number of nitrogens with one attached hydrogen (secondary N) is 1. The minimum Gasteiger partial charge on any atom is -0.383 e. The molecule has 1 aliphatic rings. The normalized spacial score (nSPS) is 13.6. The van der Waals surface area contributed by atoms with E-state index in [9.17, 15) is 9.59 Å². The van der Waals surface area contributed by atoms with Crippen LogP contribution in [0.3, 0.4) is 0 Å². The van der Waals surface area contributed by atoms with Gasteiger partial charge in [-0.3, -0.25) is 9.59 Å². The number of halogens is 2.